The molecule has 0 fully saturated rings. The molecule has 0 aromatic carbocycles. The van der Waals surface area contributed by atoms with Crippen LogP contribution in [0.3, 0.4) is 0 Å². The van der Waals surface area contributed by atoms with Gasteiger partial charge in [-0.05, 0) is 12.8 Å². The van der Waals surface area contributed by atoms with Crippen LogP contribution in [0, 0.1) is 0 Å². The number of ether oxygens (including phenoxy) is 1. The van der Waals surface area contributed by atoms with E-state index in [4.69, 9.17) is 25.2 Å². The van der Waals surface area contributed by atoms with Crippen LogP contribution in [-0.2, 0) is 4.74 Å². The van der Waals surface area contributed by atoms with Crippen molar-refractivity contribution in [3.05, 3.63) is 0 Å². The van der Waals surface area contributed by atoms with Crippen molar-refractivity contribution >= 4 is 0 Å². The molecule has 0 saturated heterocycles. The average molecular weight is 194 g/mol. The zero-order valence-electron chi connectivity index (χ0n) is 7.59. The Labute approximate surface area is 77.6 Å². The molecule has 0 saturated carbocycles. The molecule has 5 nitrogen and oxygen atoms in total. The molecule has 0 spiro atoms. The first-order valence-corrected chi connectivity index (χ1v) is 4.36. The van der Waals surface area contributed by atoms with E-state index < -0.39 is 12.2 Å². The molecular formula is C8H18O5. The van der Waals surface area contributed by atoms with E-state index in [1.54, 1.807) is 0 Å². The maximum Gasteiger partial charge on any atom is 0.0792 e. The summed E-state index contributed by atoms with van der Waals surface area (Å²) in [6.07, 6.45) is -0.706. The van der Waals surface area contributed by atoms with Crippen LogP contribution in [0.4, 0.5) is 0 Å². The van der Waals surface area contributed by atoms with Crippen molar-refractivity contribution < 1.29 is 25.2 Å². The first-order chi connectivity index (χ1) is 6.20. The highest BCUT2D eigenvalue weighted by Gasteiger charge is 2.03. The van der Waals surface area contributed by atoms with Crippen LogP contribution in [0.1, 0.15) is 12.8 Å². The van der Waals surface area contributed by atoms with E-state index in [1.165, 1.54) is 0 Å². The smallest absolute Gasteiger partial charge is 0.0792 e. The standard InChI is InChI=1S/C8H18O5/c9-5-7(11)1-3-13-4-2-8(12)6-10/h7-12H,1-6H2. The van der Waals surface area contributed by atoms with Gasteiger partial charge in [0.15, 0.2) is 0 Å². The van der Waals surface area contributed by atoms with Crippen LogP contribution in [0.15, 0.2) is 0 Å². The quantitative estimate of drug-likeness (QED) is 0.353. The Morgan fingerprint density at radius 2 is 1.23 bits per heavy atom. The summed E-state index contributed by atoms with van der Waals surface area (Å²) in [6.45, 7) is 0.172. The summed E-state index contributed by atoms with van der Waals surface area (Å²) >= 11 is 0. The molecule has 4 N–H and O–H groups in total. The molecule has 2 atom stereocenters. The van der Waals surface area contributed by atoms with Crippen molar-refractivity contribution in [2.24, 2.45) is 0 Å². The molecule has 0 aliphatic carbocycles. The van der Waals surface area contributed by atoms with Crippen LogP contribution < -0.4 is 0 Å². The normalized spacial score (nSPS) is 15.7. The molecule has 13 heavy (non-hydrogen) atoms. The third-order valence-corrected chi connectivity index (χ3v) is 1.61. The van der Waals surface area contributed by atoms with E-state index in [0.29, 0.717) is 26.1 Å². The van der Waals surface area contributed by atoms with Crippen LogP contribution in [0.25, 0.3) is 0 Å². The summed E-state index contributed by atoms with van der Waals surface area (Å²) in [7, 11) is 0. The molecule has 0 amide bonds. The van der Waals surface area contributed by atoms with E-state index >= 15 is 0 Å². The molecule has 0 radical (unpaired) electrons. The lowest BCUT2D eigenvalue weighted by Crippen LogP contribution is -2.17. The van der Waals surface area contributed by atoms with Gasteiger partial charge in [-0.1, -0.05) is 0 Å². The topological polar surface area (TPSA) is 90.2 Å². The minimum absolute atomic E-state index is 0.261. The summed E-state index contributed by atoms with van der Waals surface area (Å²) in [6, 6.07) is 0. The van der Waals surface area contributed by atoms with Crippen molar-refractivity contribution in [1.29, 1.82) is 0 Å². The first kappa shape index (κ1) is 12.8. The fraction of sp³-hybridized carbons (Fsp3) is 1.00. The van der Waals surface area contributed by atoms with Gasteiger partial charge >= 0.3 is 0 Å². The number of hydrogen-bond donors (Lipinski definition) is 4. The van der Waals surface area contributed by atoms with Gasteiger partial charge in [0.05, 0.1) is 25.4 Å². The number of rotatable bonds is 8. The molecule has 5 heteroatoms. The van der Waals surface area contributed by atoms with Crippen molar-refractivity contribution in [2.45, 2.75) is 25.0 Å². The maximum absolute atomic E-state index is 8.89. The maximum atomic E-state index is 8.89. The van der Waals surface area contributed by atoms with Gasteiger partial charge in [-0.3, -0.25) is 0 Å². The molecule has 0 bridgehead atoms. The Morgan fingerprint density at radius 1 is 0.846 bits per heavy atom. The molecule has 80 valence electrons. The van der Waals surface area contributed by atoms with Gasteiger partial charge in [-0.2, -0.15) is 0 Å². The zero-order chi connectivity index (χ0) is 10.1. The second kappa shape index (κ2) is 8.40. The lowest BCUT2D eigenvalue weighted by Gasteiger charge is -2.09. The van der Waals surface area contributed by atoms with Gasteiger partial charge in [0, 0.05) is 13.2 Å². The van der Waals surface area contributed by atoms with E-state index in [-0.39, 0.29) is 13.2 Å². The molecule has 2 unspecified atom stereocenters. The predicted molar refractivity (Wildman–Crippen MR) is 46.2 cm³/mol. The first-order valence-electron chi connectivity index (χ1n) is 4.36. The van der Waals surface area contributed by atoms with Crippen LogP contribution >= 0.6 is 0 Å². The summed E-state index contributed by atoms with van der Waals surface area (Å²) in [5, 5.41) is 34.7. The minimum Gasteiger partial charge on any atom is -0.394 e. The SMILES string of the molecule is OCC(O)CCOCCC(O)CO. The van der Waals surface area contributed by atoms with Gasteiger partial charge in [-0.25, -0.2) is 0 Å². The number of hydrogen-bond acceptors (Lipinski definition) is 5. The summed E-state index contributed by atoms with van der Waals surface area (Å²) in [5.74, 6) is 0. The zero-order valence-corrected chi connectivity index (χ0v) is 7.59. The largest absolute Gasteiger partial charge is 0.394 e. The van der Waals surface area contributed by atoms with Crippen LogP contribution in [0.2, 0.25) is 0 Å². The van der Waals surface area contributed by atoms with Gasteiger partial charge < -0.3 is 25.2 Å². The fourth-order valence-electron chi connectivity index (χ4n) is 0.723. The number of aliphatic hydroxyl groups is 4. The second-order valence-corrected chi connectivity index (χ2v) is 2.86. The Hall–Kier alpha value is -0.200. The highest BCUT2D eigenvalue weighted by atomic mass is 16.5. The van der Waals surface area contributed by atoms with Crippen molar-refractivity contribution in [1.82, 2.24) is 0 Å². The molecule has 0 aromatic heterocycles. The number of aliphatic hydroxyl groups excluding tert-OH is 4. The Balaban J connectivity index is 3.08. The molecule has 0 rings (SSSR count). The van der Waals surface area contributed by atoms with E-state index in [1.807, 2.05) is 0 Å². The van der Waals surface area contributed by atoms with Gasteiger partial charge in [-0.15, -0.1) is 0 Å². The van der Waals surface area contributed by atoms with Crippen LogP contribution in [-0.4, -0.2) is 59.1 Å². The van der Waals surface area contributed by atoms with Crippen LogP contribution in [0.5, 0.6) is 0 Å². The van der Waals surface area contributed by atoms with E-state index in [0.717, 1.165) is 0 Å². The third kappa shape index (κ3) is 8.14. The lowest BCUT2D eigenvalue weighted by atomic mass is 10.3. The van der Waals surface area contributed by atoms with E-state index in [9.17, 15) is 0 Å². The van der Waals surface area contributed by atoms with Crippen molar-refractivity contribution in [2.75, 3.05) is 26.4 Å². The molecule has 0 heterocycles. The van der Waals surface area contributed by atoms with Crippen molar-refractivity contribution in [3.63, 3.8) is 0 Å². The Morgan fingerprint density at radius 3 is 1.54 bits per heavy atom. The Bertz CT molecular complexity index is 96.7. The summed E-state index contributed by atoms with van der Waals surface area (Å²) in [4.78, 5) is 0. The van der Waals surface area contributed by atoms with Crippen molar-refractivity contribution in [3.8, 4) is 0 Å². The minimum atomic E-state index is -0.734. The van der Waals surface area contributed by atoms with Gasteiger partial charge in [0.25, 0.3) is 0 Å². The predicted octanol–water partition coefficient (Wildman–Crippen LogP) is -1.51. The summed E-state index contributed by atoms with van der Waals surface area (Å²) in [5.41, 5.74) is 0. The van der Waals surface area contributed by atoms with Gasteiger partial charge in [0.1, 0.15) is 0 Å². The average Bonchev–Trinajstić information content (AvgIpc) is 2.16. The molecule has 0 aliphatic rings. The molecule has 0 aromatic rings. The van der Waals surface area contributed by atoms with Gasteiger partial charge in [0.2, 0.25) is 0 Å². The molecule has 0 aliphatic heterocycles. The Kier molecular flexibility index (Phi) is 8.27. The monoisotopic (exact) mass is 194 g/mol. The molecular weight excluding hydrogens is 176 g/mol. The third-order valence-electron chi connectivity index (χ3n) is 1.61. The highest BCUT2D eigenvalue weighted by molar-refractivity contribution is 4.53. The fourth-order valence-corrected chi connectivity index (χ4v) is 0.723. The highest BCUT2D eigenvalue weighted by Crippen LogP contribution is 1.94. The lowest BCUT2D eigenvalue weighted by molar-refractivity contribution is 0.0260. The van der Waals surface area contributed by atoms with E-state index in [2.05, 4.69) is 0 Å². The summed E-state index contributed by atoms with van der Waals surface area (Å²) < 4.78 is 5.04. The second-order valence-electron chi connectivity index (χ2n) is 2.86.